The Morgan fingerprint density at radius 2 is 1.50 bits per heavy atom. The molecule has 0 radical (unpaired) electrons. The number of benzene rings is 1. The van der Waals surface area contributed by atoms with E-state index in [2.05, 4.69) is 10.6 Å². The van der Waals surface area contributed by atoms with E-state index >= 15 is 0 Å². The van der Waals surface area contributed by atoms with Gasteiger partial charge in [0, 0.05) is 18.5 Å². The first kappa shape index (κ1) is 38.0. The number of carbonyl (C=O) groups is 2. The summed E-state index contributed by atoms with van der Waals surface area (Å²) >= 11 is 0. The standard InChI is InChI=1S/C31H51FN2O10/c1-2-23(36)26(38)22(19-43-31-29(41)28(40)27(39)24(18-35)44-31)34-25(37)12-10-8-6-4-3-5-7-9-11-17-33-30(42)20-13-15-21(32)16-14-20/h13-16,22-24,26-29,31,35-36,38-41H,2-12,17-19H2,1H3,(H,33,42)(H,34,37)/t22-,23+,24?,26-,27-,28-,29?,31-/m0/s1. The number of nitrogens with one attached hydrogen (secondary N) is 2. The van der Waals surface area contributed by atoms with Gasteiger partial charge in [-0.3, -0.25) is 9.59 Å². The number of hydrogen-bond acceptors (Lipinski definition) is 10. The average molecular weight is 631 g/mol. The van der Waals surface area contributed by atoms with Gasteiger partial charge in [-0.2, -0.15) is 0 Å². The number of rotatable bonds is 21. The molecule has 0 aliphatic carbocycles. The number of halogens is 1. The Morgan fingerprint density at radius 3 is 2.09 bits per heavy atom. The minimum atomic E-state index is -1.63. The van der Waals surface area contributed by atoms with E-state index in [1.54, 1.807) is 6.92 Å². The molecule has 44 heavy (non-hydrogen) atoms. The number of hydrogen-bond donors (Lipinski definition) is 8. The minimum Gasteiger partial charge on any atom is -0.394 e. The summed E-state index contributed by atoms with van der Waals surface area (Å²) in [6.07, 6.45) is -0.821. The molecule has 0 spiro atoms. The number of amides is 2. The third-order valence-corrected chi connectivity index (χ3v) is 7.83. The average Bonchev–Trinajstić information content (AvgIpc) is 3.02. The molecule has 8 N–H and O–H groups in total. The molecule has 12 nitrogen and oxygen atoms in total. The van der Waals surface area contributed by atoms with Gasteiger partial charge in [0.25, 0.3) is 5.91 Å². The highest BCUT2D eigenvalue weighted by atomic mass is 19.1. The molecule has 1 fully saturated rings. The first-order valence-corrected chi connectivity index (χ1v) is 15.7. The maximum Gasteiger partial charge on any atom is 0.251 e. The van der Waals surface area contributed by atoms with Gasteiger partial charge < -0.3 is 50.7 Å². The highest BCUT2D eigenvalue weighted by molar-refractivity contribution is 5.94. The zero-order chi connectivity index (χ0) is 32.5. The van der Waals surface area contributed by atoms with E-state index in [-0.39, 0.29) is 37.1 Å². The van der Waals surface area contributed by atoms with Crippen molar-refractivity contribution in [1.82, 2.24) is 10.6 Å². The van der Waals surface area contributed by atoms with Crippen LogP contribution in [0.1, 0.15) is 87.9 Å². The van der Waals surface area contributed by atoms with E-state index in [0.29, 0.717) is 18.5 Å². The molecule has 252 valence electrons. The summed E-state index contributed by atoms with van der Waals surface area (Å²) in [6, 6.07) is 4.43. The monoisotopic (exact) mass is 630 g/mol. The van der Waals surface area contributed by atoms with Crippen LogP contribution < -0.4 is 10.6 Å². The molecule has 13 heteroatoms. The van der Waals surface area contributed by atoms with Gasteiger partial charge in [-0.15, -0.1) is 0 Å². The summed E-state index contributed by atoms with van der Waals surface area (Å²) in [7, 11) is 0. The zero-order valence-electron chi connectivity index (χ0n) is 25.5. The second-order valence-electron chi connectivity index (χ2n) is 11.4. The number of aliphatic hydroxyl groups is 6. The largest absolute Gasteiger partial charge is 0.394 e. The first-order valence-electron chi connectivity index (χ1n) is 15.7. The molecule has 0 bridgehead atoms. The molecular weight excluding hydrogens is 579 g/mol. The first-order chi connectivity index (χ1) is 21.1. The Morgan fingerprint density at radius 1 is 0.909 bits per heavy atom. The van der Waals surface area contributed by atoms with Gasteiger partial charge in [-0.25, -0.2) is 4.39 Å². The third kappa shape index (κ3) is 13.0. The SMILES string of the molecule is CC[C@@H](O)[C@@H](O)[C@H](CO[C@H]1OC(CO)[C@H](O)[C@H](O)C1O)NC(=O)CCCCCCCCCCCNC(=O)c1ccc(F)cc1. The highest BCUT2D eigenvalue weighted by Crippen LogP contribution is 2.22. The predicted molar refractivity (Wildman–Crippen MR) is 159 cm³/mol. The van der Waals surface area contributed by atoms with Crippen molar-refractivity contribution in [3.63, 3.8) is 0 Å². The minimum absolute atomic E-state index is 0.203. The van der Waals surface area contributed by atoms with Gasteiger partial charge >= 0.3 is 0 Å². The van der Waals surface area contributed by atoms with Crippen LogP contribution in [-0.2, 0) is 14.3 Å². The van der Waals surface area contributed by atoms with Crippen molar-refractivity contribution in [2.24, 2.45) is 0 Å². The molecule has 1 aliphatic heterocycles. The molecule has 1 heterocycles. The highest BCUT2D eigenvalue weighted by Gasteiger charge is 2.44. The van der Waals surface area contributed by atoms with Crippen LogP contribution in [0.2, 0.25) is 0 Å². The van der Waals surface area contributed by atoms with Crippen molar-refractivity contribution >= 4 is 11.8 Å². The van der Waals surface area contributed by atoms with E-state index in [9.17, 15) is 44.6 Å². The molecule has 1 aromatic rings. The van der Waals surface area contributed by atoms with Crippen LogP contribution in [0.25, 0.3) is 0 Å². The van der Waals surface area contributed by atoms with Gasteiger partial charge in [0.1, 0.15) is 36.3 Å². The second-order valence-corrected chi connectivity index (χ2v) is 11.4. The van der Waals surface area contributed by atoms with Crippen LogP contribution in [0, 0.1) is 5.82 Å². The number of unbranched alkanes of at least 4 members (excludes halogenated alkanes) is 8. The Bertz CT molecular complexity index is 954. The number of carbonyl (C=O) groups excluding carboxylic acids is 2. The molecule has 2 unspecified atom stereocenters. The maximum atomic E-state index is 12.9. The van der Waals surface area contributed by atoms with Gasteiger partial charge in [0.05, 0.1) is 25.4 Å². The summed E-state index contributed by atoms with van der Waals surface area (Å²) in [5, 5.41) is 65.6. The number of ether oxygens (including phenoxy) is 2. The molecule has 2 rings (SSSR count). The number of aliphatic hydroxyl groups excluding tert-OH is 6. The normalized spacial score (nSPS) is 24.0. The fourth-order valence-electron chi connectivity index (χ4n) is 4.97. The molecule has 0 saturated carbocycles. The van der Waals surface area contributed by atoms with Crippen molar-refractivity contribution in [2.75, 3.05) is 19.8 Å². The van der Waals surface area contributed by atoms with Crippen molar-refractivity contribution < 1.29 is 54.1 Å². The Hall–Kier alpha value is -2.23. The smallest absolute Gasteiger partial charge is 0.251 e. The van der Waals surface area contributed by atoms with Crippen LogP contribution in [-0.4, -0.2) is 111 Å². The van der Waals surface area contributed by atoms with E-state index in [1.165, 1.54) is 24.3 Å². The van der Waals surface area contributed by atoms with Gasteiger partial charge in [0.2, 0.25) is 5.91 Å². The van der Waals surface area contributed by atoms with Crippen molar-refractivity contribution in [3.8, 4) is 0 Å². The Kier molecular flexibility index (Phi) is 17.9. The van der Waals surface area contributed by atoms with Crippen LogP contribution in [0.5, 0.6) is 0 Å². The van der Waals surface area contributed by atoms with E-state index in [0.717, 1.165) is 51.4 Å². The Labute approximate surface area is 258 Å². The van der Waals surface area contributed by atoms with Gasteiger partial charge in [-0.1, -0.05) is 51.9 Å². The predicted octanol–water partition coefficient (Wildman–Crippen LogP) is 0.890. The van der Waals surface area contributed by atoms with Gasteiger partial charge in [0.15, 0.2) is 6.29 Å². The zero-order valence-corrected chi connectivity index (χ0v) is 25.5. The lowest BCUT2D eigenvalue weighted by atomic mass is 9.99. The van der Waals surface area contributed by atoms with Crippen LogP contribution in [0.4, 0.5) is 4.39 Å². The fraction of sp³-hybridized carbons (Fsp3) is 0.742. The van der Waals surface area contributed by atoms with Crippen molar-refractivity contribution in [3.05, 3.63) is 35.6 Å². The lowest BCUT2D eigenvalue weighted by Crippen LogP contribution is -2.60. The van der Waals surface area contributed by atoms with E-state index in [1.807, 2.05) is 0 Å². The molecule has 0 aromatic heterocycles. The summed E-state index contributed by atoms with van der Waals surface area (Å²) < 4.78 is 23.8. The third-order valence-electron chi connectivity index (χ3n) is 7.83. The molecule has 1 aromatic carbocycles. The summed E-state index contributed by atoms with van der Waals surface area (Å²) in [4.78, 5) is 24.6. The van der Waals surface area contributed by atoms with Crippen molar-refractivity contribution in [2.45, 2.75) is 127 Å². The fourth-order valence-corrected chi connectivity index (χ4v) is 4.97. The van der Waals surface area contributed by atoms with Crippen LogP contribution in [0.3, 0.4) is 0 Å². The van der Waals surface area contributed by atoms with Gasteiger partial charge in [-0.05, 0) is 43.5 Å². The quantitative estimate of drug-likeness (QED) is 0.0903. The second kappa shape index (κ2) is 20.7. The molecular formula is C31H51FN2O10. The maximum absolute atomic E-state index is 12.9. The topological polar surface area (TPSA) is 198 Å². The molecule has 1 saturated heterocycles. The van der Waals surface area contributed by atoms with E-state index < -0.39 is 55.6 Å². The molecule has 8 atom stereocenters. The van der Waals surface area contributed by atoms with E-state index in [4.69, 9.17) is 9.47 Å². The molecule has 2 amide bonds. The Balaban J connectivity index is 1.59. The van der Waals surface area contributed by atoms with Crippen LogP contribution >= 0.6 is 0 Å². The summed E-state index contributed by atoms with van der Waals surface area (Å²) in [5.74, 6) is -0.909. The lowest BCUT2D eigenvalue weighted by molar-refractivity contribution is -0.303. The molecule has 1 aliphatic rings. The summed E-state index contributed by atoms with van der Waals surface area (Å²) in [5.41, 5.74) is 0.442. The lowest BCUT2D eigenvalue weighted by Gasteiger charge is -2.40. The summed E-state index contributed by atoms with van der Waals surface area (Å²) in [6.45, 7) is 1.27. The van der Waals surface area contributed by atoms with Crippen LogP contribution in [0.15, 0.2) is 24.3 Å². The van der Waals surface area contributed by atoms with Crippen molar-refractivity contribution in [1.29, 1.82) is 0 Å².